The fourth-order valence-electron chi connectivity index (χ4n) is 3.20. The summed E-state index contributed by atoms with van der Waals surface area (Å²) in [7, 11) is 0. The summed E-state index contributed by atoms with van der Waals surface area (Å²) < 4.78 is 14.0. The first-order valence-corrected chi connectivity index (χ1v) is 8.33. The lowest BCUT2D eigenvalue weighted by Crippen LogP contribution is -2.48. The molecule has 1 aromatic rings. The Balaban J connectivity index is 2.22. The van der Waals surface area contributed by atoms with Crippen LogP contribution in [0.3, 0.4) is 0 Å². The Morgan fingerprint density at radius 2 is 2.14 bits per heavy atom. The molecule has 1 aliphatic carbocycles. The van der Waals surface area contributed by atoms with Crippen LogP contribution in [0.1, 0.15) is 43.0 Å². The van der Waals surface area contributed by atoms with Crippen molar-refractivity contribution in [3.05, 3.63) is 34.1 Å². The number of halogens is 2. The summed E-state index contributed by atoms with van der Waals surface area (Å²) >= 11 is 3.11. The van der Waals surface area contributed by atoms with E-state index < -0.39 is 5.82 Å². The molecule has 0 spiro atoms. The molecule has 0 bridgehead atoms. The van der Waals surface area contributed by atoms with E-state index in [2.05, 4.69) is 15.9 Å². The molecular weight excluding hydrogens is 335 g/mol. The molecule has 21 heavy (non-hydrogen) atoms. The second-order valence-electron chi connectivity index (χ2n) is 5.57. The highest BCUT2D eigenvalue weighted by Crippen LogP contribution is 2.29. The predicted octanol–water partition coefficient (Wildman–Crippen LogP) is 3.57. The smallest absolute Gasteiger partial charge is 0.254 e. The standard InChI is InChI=1S/C16H22BrFN2O/c1-2-20(15-6-4-3-5-12(15)10-19)16(21)11-7-8-13(17)14(18)9-11/h7-9,12,15H,2-6,10,19H2,1H3. The first-order chi connectivity index (χ1) is 10.1. The molecule has 1 amide bonds. The van der Waals surface area contributed by atoms with Gasteiger partial charge in [0.15, 0.2) is 0 Å². The van der Waals surface area contributed by atoms with Gasteiger partial charge in [0, 0.05) is 18.2 Å². The maximum atomic E-state index is 13.7. The van der Waals surface area contributed by atoms with E-state index in [1.165, 1.54) is 12.5 Å². The summed E-state index contributed by atoms with van der Waals surface area (Å²) in [5.41, 5.74) is 6.27. The van der Waals surface area contributed by atoms with Crippen LogP contribution in [0, 0.1) is 11.7 Å². The monoisotopic (exact) mass is 356 g/mol. The van der Waals surface area contributed by atoms with Crippen LogP contribution in [0.4, 0.5) is 4.39 Å². The molecule has 1 aromatic carbocycles. The average Bonchev–Trinajstić information content (AvgIpc) is 2.51. The van der Waals surface area contributed by atoms with E-state index in [4.69, 9.17) is 5.73 Å². The van der Waals surface area contributed by atoms with Gasteiger partial charge in [-0.2, -0.15) is 0 Å². The maximum Gasteiger partial charge on any atom is 0.254 e. The highest BCUT2D eigenvalue weighted by molar-refractivity contribution is 9.10. The minimum Gasteiger partial charge on any atom is -0.336 e. The lowest BCUT2D eigenvalue weighted by molar-refractivity contribution is 0.0559. The summed E-state index contributed by atoms with van der Waals surface area (Å²) in [5, 5.41) is 0. The molecule has 0 aromatic heterocycles. The van der Waals surface area contributed by atoms with Crippen LogP contribution in [-0.2, 0) is 0 Å². The van der Waals surface area contributed by atoms with Crippen molar-refractivity contribution in [2.24, 2.45) is 11.7 Å². The molecule has 5 heteroatoms. The van der Waals surface area contributed by atoms with Crippen molar-refractivity contribution in [3.8, 4) is 0 Å². The predicted molar refractivity (Wildman–Crippen MR) is 85.6 cm³/mol. The topological polar surface area (TPSA) is 46.3 Å². The molecule has 0 aliphatic heterocycles. The largest absolute Gasteiger partial charge is 0.336 e. The third-order valence-corrected chi connectivity index (χ3v) is 4.98. The van der Waals surface area contributed by atoms with E-state index in [9.17, 15) is 9.18 Å². The zero-order chi connectivity index (χ0) is 15.4. The van der Waals surface area contributed by atoms with Crippen molar-refractivity contribution in [3.63, 3.8) is 0 Å². The normalized spacial score (nSPS) is 22.1. The van der Waals surface area contributed by atoms with Gasteiger partial charge in [0.2, 0.25) is 0 Å². The van der Waals surface area contributed by atoms with Gasteiger partial charge in [0.1, 0.15) is 5.82 Å². The zero-order valence-corrected chi connectivity index (χ0v) is 13.9. The van der Waals surface area contributed by atoms with Gasteiger partial charge >= 0.3 is 0 Å². The van der Waals surface area contributed by atoms with E-state index in [-0.39, 0.29) is 11.9 Å². The molecule has 3 nitrogen and oxygen atoms in total. The van der Waals surface area contributed by atoms with Crippen LogP contribution in [0.5, 0.6) is 0 Å². The van der Waals surface area contributed by atoms with Gasteiger partial charge in [0.25, 0.3) is 5.91 Å². The van der Waals surface area contributed by atoms with Crippen molar-refractivity contribution in [1.82, 2.24) is 4.90 Å². The molecule has 0 heterocycles. The Morgan fingerprint density at radius 1 is 1.43 bits per heavy atom. The van der Waals surface area contributed by atoms with Gasteiger partial charge in [-0.05, 0) is 66.4 Å². The van der Waals surface area contributed by atoms with Crippen LogP contribution in [0.15, 0.2) is 22.7 Å². The Labute approximate surface area is 133 Å². The van der Waals surface area contributed by atoms with Gasteiger partial charge in [-0.1, -0.05) is 12.8 Å². The molecule has 1 aliphatic rings. The van der Waals surface area contributed by atoms with Crippen LogP contribution in [0.25, 0.3) is 0 Å². The number of nitrogens with zero attached hydrogens (tertiary/aromatic N) is 1. The van der Waals surface area contributed by atoms with Gasteiger partial charge in [-0.15, -0.1) is 0 Å². The molecule has 2 unspecified atom stereocenters. The van der Waals surface area contributed by atoms with Crippen LogP contribution < -0.4 is 5.73 Å². The number of benzene rings is 1. The molecule has 1 fully saturated rings. The number of nitrogens with two attached hydrogens (primary N) is 1. The Bertz CT molecular complexity index is 509. The maximum absolute atomic E-state index is 13.7. The number of hydrogen-bond acceptors (Lipinski definition) is 2. The van der Waals surface area contributed by atoms with Crippen molar-refractivity contribution in [2.75, 3.05) is 13.1 Å². The third-order valence-electron chi connectivity index (χ3n) is 4.34. The summed E-state index contributed by atoms with van der Waals surface area (Å²) in [6, 6.07) is 4.72. The van der Waals surface area contributed by atoms with E-state index >= 15 is 0 Å². The molecule has 0 radical (unpaired) electrons. The van der Waals surface area contributed by atoms with Crippen molar-refractivity contribution < 1.29 is 9.18 Å². The minimum absolute atomic E-state index is 0.103. The number of carbonyl (C=O) groups is 1. The number of carbonyl (C=O) groups excluding carboxylic acids is 1. The summed E-state index contributed by atoms with van der Waals surface area (Å²) in [6.45, 7) is 3.19. The number of amides is 1. The van der Waals surface area contributed by atoms with Crippen LogP contribution >= 0.6 is 15.9 Å². The first-order valence-electron chi connectivity index (χ1n) is 7.54. The van der Waals surface area contributed by atoms with Crippen molar-refractivity contribution in [1.29, 1.82) is 0 Å². The van der Waals surface area contributed by atoms with Crippen LogP contribution in [-0.4, -0.2) is 29.9 Å². The van der Waals surface area contributed by atoms with Gasteiger partial charge in [-0.3, -0.25) is 4.79 Å². The zero-order valence-electron chi connectivity index (χ0n) is 12.3. The minimum atomic E-state index is -0.407. The van der Waals surface area contributed by atoms with E-state index in [1.54, 1.807) is 12.1 Å². The van der Waals surface area contributed by atoms with Crippen molar-refractivity contribution >= 4 is 21.8 Å². The molecule has 2 N–H and O–H groups in total. The quantitative estimate of drug-likeness (QED) is 0.896. The fourth-order valence-corrected chi connectivity index (χ4v) is 3.44. The Morgan fingerprint density at radius 3 is 2.76 bits per heavy atom. The molecule has 1 saturated carbocycles. The number of hydrogen-bond donors (Lipinski definition) is 1. The second-order valence-corrected chi connectivity index (χ2v) is 6.42. The SMILES string of the molecule is CCN(C(=O)c1ccc(Br)c(F)c1)C1CCCCC1CN. The summed E-state index contributed by atoms with van der Waals surface area (Å²) in [5.74, 6) is -0.159. The molecular formula is C16H22BrFN2O. The fraction of sp³-hybridized carbons (Fsp3) is 0.562. The first kappa shape index (κ1) is 16.4. The lowest BCUT2D eigenvalue weighted by atomic mass is 9.83. The molecule has 116 valence electrons. The van der Waals surface area contributed by atoms with Gasteiger partial charge < -0.3 is 10.6 Å². The second kappa shape index (κ2) is 7.36. The van der Waals surface area contributed by atoms with E-state index in [0.29, 0.717) is 29.0 Å². The highest BCUT2D eigenvalue weighted by Gasteiger charge is 2.31. The Kier molecular flexibility index (Phi) is 5.76. The molecule has 2 atom stereocenters. The van der Waals surface area contributed by atoms with Crippen LogP contribution in [0.2, 0.25) is 0 Å². The van der Waals surface area contributed by atoms with E-state index in [1.807, 2.05) is 11.8 Å². The summed E-state index contributed by atoms with van der Waals surface area (Å²) in [6.07, 6.45) is 4.36. The number of rotatable bonds is 4. The average molecular weight is 357 g/mol. The van der Waals surface area contributed by atoms with Crippen molar-refractivity contribution in [2.45, 2.75) is 38.6 Å². The van der Waals surface area contributed by atoms with Gasteiger partial charge in [-0.25, -0.2) is 4.39 Å². The third kappa shape index (κ3) is 3.64. The molecule has 2 rings (SSSR count). The van der Waals surface area contributed by atoms with E-state index in [0.717, 1.165) is 19.3 Å². The summed E-state index contributed by atoms with van der Waals surface area (Å²) in [4.78, 5) is 14.6. The Hall–Kier alpha value is -0.940. The highest BCUT2D eigenvalue weighted by atomic mass is 79.9. The van der Waals surface area contributed by atoms with Gasteiger partial charge in [0.05, 0.1) is 4.47 Å². The lowest BCUT2D eigenvalue weighted by Gasteiger charge is -2.39. The molecule has 0 saturated heterocycles.